The second kappa shape index (κ2) is 6.72. The number of non-ortho nitro benzene ring substituents is 1. The van der Waals surface area contributed by atoms with Crippen molar-refractivity contribution >= 4 is 11.4 Å². The molecule has 0 aromatic heterocycles. The van der Waals surface area contributed by atoms with Crippen molar-refractivity contribution in [2.24, 2.45) is 0 Å². The molecule has 0 aliphatic carbocycles. The van der Waals surface area contributed by atoms with Gasteiger partial charge < -0.3 is 4.90 Å². The predicted octanol–water partition coefficient (Wildman–Crippen LogP) is 3.51. The fraction of sp³-hybridized carbons (Fsp3) is 0.235. The molecule has 0 amide bonds. The molecule has 2 rings (SSSR count). The molecule has 112 valence electrons. The third-order valence-electron chi connectivity index (χ3n) is 3.55. The van der Waals surface area contributed by atoms with Gasteiger partial charge in [-0.1, -0.05) is 24.3 Å². The molecule has 0 bridgehead atoms. The highest BCUT2D eigenvalue weighted by molar-refractivity contribution is 5.46. The fourth-order valence-corrected chi connectivity index (χ4v) is 2.23. The third-order valence-corrected chi connectivity index (χ3v) is 3.55. The highest BCUT2D eigenvalue weighted by atomic mass is 16.6. The van der Waals surface area contributed by atoms with E-state index in [0.717, 1.165) is 16.8 Å². The Labute approximate surface area is 129 Å². The number of nitrogens with zero attached hydrogens (tertiary/aromatic N) is 3. The summed E-state index contributed by atoms with van der Waals surface area (Å²) in [5.74, 6) is -0.314. The van der Waals surface area contributed by atoms with E-state index in [2.05, 4.69) is 6.07 Å². The Hall–Kier alpha value is -2.87. The number of benzene rings is 2. The molecule has 0 saturated carbocycles. The van der Waals surface area contributed by atoms with E-state index in [1.165, 1.54) is 12.1 Å². The summed E-state index contributed by atoms with van der Waals surface area (Å²) in [4.78, 5) is 12.2. The van der Waals surface area contributed by atoms with Crippen LogP contribution in [-0.4, -0.2) is 19.0 Å². The first-order chi connectivity index (χ1) is 10.5. The van der Waals surface area contributed by atoms with Crippen molar-refractivity contribution in [2.75, 3.05) is 19.0 Å². The van der Waals surface area contributed by atoms with Crippen molar-refractivity contribution in [1.29, 1.82) is 5.26 Å². The highest BCUT2D eigenvalue weighted by Crippen LogP contribution is 2.23. The molecule has 22 heavy (non-hydrogen) atoms. The van der Waals surface area contributed by atoms with Gasteiger partial charge in [-0.2, -0.15) is 5.26 Å². The lowest BCUT2D eigenvalue weighted by Gasteiger charge is -2.14. The number of nitro benzene ring substituents is 1. The summed E-state index contributed by atoms with van der Waals surface area (Å²) in [7, 11) is 3.95. The summed E-state index contributed by atoms with van der Waals surface area (Å²) in [5.41, 5.74) is 3.00. The van der Waals surface area contributed by atoms with Crippen LogP contribution in [0.5, 0.6) is 0 Å². The van der Waals surface area contributed by atoms with Crippen LogP contribution in [0.25, 0.3) is 0 Å². The third kappa shape index (κ3) is 3.61. The zero-order chi connectivity index (χ0) is 16.1. The molecule has 1 atom stereocenters. The van der Waals surface area contributed by atoms with Gasteiger partial charge >= 0.3 is 0 Å². The molecule has 0 fully saturated rings. The Balaban J connectivity index is 2.15. The lowest BCUT2D eigenvalue weighted by Crippen LogP contribution is -2.08. The van der Waals surface area contributed by atoms with E-state index >= 15 is 0 Å². The SMILES string of the molecule is CN(C)c1ccc(CC(C#N)c2ccc([N+](=O)[O-])cc2)cc1. The number of hydrogen-bond donors (Lipinski definition) is 0. The summed E-state index contributed by atoms with van der Waals surface area (Å²) in [6, 6.07) is 16.5. The zero-order valence-corrected chi connectivity index (χ0v) is 12.6. The molecule has 5 heteroatoms. The van der Waals surface area contributed by atoms with Crippen LogP contribution in [0.4, 0.5) is 11.4 Å². The molecule has 0 N–H and O–H groups in total. The summed E-state index contributed by atoms with van der Waals surface area (Å²) < 4.78 is 0. The highest BCUT2D eigenvalue weighted by Gasteiger charge is 2.13. The summed E-state index contributed by atoms with van der Waals surface area (Å²) in [5, 5.41) is 20.0. The number of rotatable bonds is 5. The minimum atomic E-state index is -0.439. The van der Waals surface area contributed by atoms with Crippen molar-refractivity contribution in [3.8, 4) is 6.07 Å². The molecular weight excluding hydrogens is 278 g/mol. The Bertz CT molecular complexity index is 685. The summed E-state index contributed by atoms with van der Waals surface area (Å²) in [6.07, 6.45) is 0.585. The van der Waals surface area contributed by atoms with Crippen molar-refractivity contribution < 1.29 is 4.92 Å². The van der Waals surface area contributed by atoms with Crippen LogP contribution in [0, 0.1) is 21.4 Å². The lowest BCUT2D eigenvalue weighted by atomic mass is 9.93. The minimum absolute atomic E-state index is 0.0378. The minimum Gasteiger partial charge on any atom is -0.378 e. The largest absolute Gasteiger partial charge is 0.378 e. The van der Waals surface area contributed by atoms with Crippen LogP contribution in [0.1, 0.15) is 17.0 Å². The van der Waals surface area contributed by atoms with Crippen LogP contribution in [0.2, 0.25) is 0 Å². The van der Waals surface area contributed by atoms with Gasteiger partial charge in [0.25, 0.3) is 5.69 Å². The maximum absolute atomic E-state index is 10.7. The Morgan fingerprint density at radius 3 is 2.18 bits per heavy atom. The number of anilines is 1. The van der Waals surface area contributed by atoms with E-state index in [0.29, 0.717) is 6.42 Å². The molecule has 1 unspecified atom stereocenters. The van der Waals surface area contributed by atoms with E-state index in [-0.39, 0.29) is 11.6 Å². The lowest BCUT2D eigenvalue weighted by molar-refractivity contribution is -0.384. The Kier molecular flexibility index (Phi) is 4.74. The molecule has 0 radical (unpaired) electrons. The van der Waals surface area contributed by atoms with E-state index in [9.17, 15) is 15.4 Å². The first-order valence-electron chi connectivity index (χ1n) is 6.91. The smallest absolute Gasteiger partial charge is 0.269 e. The quantitative estimate of drug-likeness (QED) is 0.625. The van der Waals surface area contributed by atoms with Crippen LogP contribution in [-0.2, 0) is 6.42 Å². The van der Waals surface area contributed by atoms with Gasteiger partial charge in [-0.3, -0.25) is 10.1 Å². The zero-order valence-electron chi connectivity index (χ0n) is 12.6. The molecule has 0 spiro atoms. The first-order valence-corrected chi connectivity index (χ1v) is 6.91. The molecule has 0 heterocycles. The van der Waals surface area contributed by atoms with Crippen LogP contribution < -0.4 is 4.90 Å². The standard InChI is InChI=1S/C17H17N3O2/c1-19(2)16-7-3-13(4-8-16)11-15(12-18)14-5-9-17(10-6-14)20(21)22/h3-10,15H,11H2,1-2H3. The molecular formula is C17H17N3O2. The van der Waals surface area contributed by atoms with Crippen molar-refractivity contribution in [3.05, 3.63) is 69.8 Å². The van der Waals surface area contributed by atoms with Crippen molar-refractivity contribution in [3.63, 3.8) is 0 Å². The monoisotopic (exact) mass is 295 g/mol. The first kappa shape index (κ1) is 15.5. The Morgan fingerprint density at radius 1 is 1.14 bits per heavy atom. The van der Waals surface area contributed by atoms with Crippen molar-refractivity contribution in [1.82, 2.24) is 0 Å². The molecule has 2 aromatic carbocycles. The van der Waals surface area contributed by atoms with Gasteiger partial charge in [0.1, 0.15) is 0 Å². The summed E-state index contributed by atoms with van der Waals surface area (Å²) >= 11 is 0. The number of nitriles is 1. The molecule has 0 saturated heterocycles. The second-order valence-corrected chi connectivity index (χ2v) is 5.30. The van der Waals surface area contributed by atoms with Gasteiger partial charge in [0, 0.05) is 31.9 Å². The van der Waals surface area contributed by atoms with Crippen molar-refractivity contribution in [2.45, 2.75) is 12.3 Å². The number of nitro groups is 1. The van der Waals surface area contributed by atoms with Gasteiger partial charge in [0.2, 0.25) is 0 Å². The molecule has 2 aromatic rings. The fourth-order valence-electron chi connectivity index (χ4n) is 2.23. The topological polar surface area (TPSA) is 70.2 Å². The van der Waals surface area contributed by atoms with Crippen LogP contribution in [0.15, 0.2) is 48.5 Å². The molecule has 5 nitrogen and oxygen atoms in total. The predicted molar refractivity (Wildman–Crippen MR) is 85.9 cm³/mol. The van der Waals surface area contributed by atoms with E-state index < -0.39 is 4.92 Å². The van der Waals surface area contributed by atoms with E-state index in [1.807, 2.05) is 43.3 Å². The molecule has 0 aliphatic heterocycles. The average Bonchev–Trinajstić information content (AvgIpc) is 2.53. The second-order valence-electron chi connectivity index (χ2n) is 5.30. The molecule has 0 aliphatic rings. The van der Waals surface area contributed by atoms with E-state index in [1.54, 1.807) is 12.1 Å². The normalized spacial score (nSPS) is 11.5. The number of hydrogen-bond acceptors (Lipinski definition) is 4. The maximum Gasteiger partial charge on any atom is 0.269 e. The van der Waals surface area contributed by atoms with E-state index in [4.69, 9.17) is 0 Å². The van der Waals surface area contributed by atoms with Crippen LogP contribution >= 0.6 is 0 Å². The van der Waals surface area contributed by atoms with Gasteiger partial charge in [0.15, 0.2) is 0 Å². The van der Waals surface area contributed by atoms with Gasteiger partial charge in [-0.25, -0.2) is 0 Å². The average molecular weight is 295 g/mol. The van der Waals surface area contributed by atoms with Gasteiger partial charge in [0.05, 0.1) is 16.9 Å². The van der Waals surface area contributed by atoms with Gasteiger partial charge in [-0.05, 0) is 29.7 Å². The van der Waals surface area contributed by atoms with Crippen LogP contribution in [0.3, 0.4) is 0 Å². The summed E-state index contributed by atoms with van der Waals surface area (Å²) in [6.45, 7) is 0. The maximum atomic E-state index is 10.7. The van der Waals surface area contributed by atoms with Gasteiger partial charge in [-0.15, -0.1) is 0 Å². The Morgan fingerprint density at radius 2 is 1.73 bits per heavy atom.